The van der Waals surface area contributed by atoms with Crippen molar-refractivity contribution in [3.05, 3.63) is 59.2 Å². The van der Waals surface area contributed by atoms with Gasteiger partial charge in [-0.3, -0.25) is 4.79 Å². The van der Waals surface area contributed by atoms with Crippen molar-refractivity contribution in [2.24, 2.45) is 0 Å². The van der Waals surface area contributed by atoms with Crippen LogP contribution in [-0.2, 0) is 10.2 Å². The Morgan fingerprint density at radius 1 is 1.30 bits per heavy atom. The van der Waals surface area contributed by atoms with Gasteiger partial charge in [0.05, 0.1) is 18.1 Å². The van der Waals surface area contributed by atoms with Crippen molar-refractivity contribution in [3.8, 4) is 5.75 Å². The van der Waals surface area contributed by atoms with Crippen LogP contribution in [0.3, 0.4) is 0 Å². The second-order valence-corrected chi connectivity index (χ2v) is 6.02. The molecule has 1 spiro atoms. The molecule has 2 N–H and O–H groups in total. The van der Waals surface area contributed by atoms with Gasteiger partial charge in [0.25, 0.3) is 0 Å². The number of nitrogens with one attached hydrogen (secondary N) is 1. The van der Waals surface area contributed by atoms with Crippen molar-refractivity contribution >= 4 is 17.6 Å². The minimum atomic E-state index is -0.985. The highest BCUT2D eigenvalue weighted by Gasteiger charge is 2.65. The fourth-order valence-electron chi connectivity index (χ4n) is 3.58. The van der Waals surface area contributed by atoms with Gasteiger partial charge in [-0.05, 0) is 47.9 Å². The van der Waals surface area contributed by atoms with Crippen LogP contribution in [0.4, 0.5) is 5.69 Å². The molecular formula is C18H15NO4. The first kappa shape index (κ1) is 13.8. The zero-order chi connectivity index (χ0) is 16.2. The minimum absolute atomic E-state index is 0.0443. The summed E-state index contributed by atoms with van der Waals surface area (Å²) in [7, 11) is 1.61. The van der Waals surface area contributed by atoms with Crippen LogP contribution in [0.25, 0.3) is 0 Å². The molecule has 23 heavy (non-hydrogen) atoms. The van der Waals surface area contributed by atoms with Crippen LogP contribution in [-0.4, -0.2) is 24.1 Å². The van der Waals surface area contributed by atoms with Crippen LogP contribution in [0.1, 0.15) is 33.8 Å². The molecule has 2 aromatic rings. The Balaban J connectivity index is 1.78. The number of carbonyl (C=O) groups excluding carboxylic acids is 1. The molecule has 0 unspecified atom stereocenters. The number of carbonyl (C=O) groups is 2. The number of hydrogen-bond acceptors (Lipinski definition) is 3. The maximum Gasteiger partial charge on any atom is 0.335 e. The number of anilines is 1. The third kappa shape index (κ3) is 1.86. The van der Waals surface area contributed by atoms with Crippen LogP contribution >= 0.6 is 0 Å². The summed E-state index contributed by atoms with van der Waals surface area (Å²) in [6.07, 6.45) is 0.683. The molecule has 2 atom stereocenters. The van der Waals surface area contributed by atoms with Gasteiger partial charge in [-0.2, -0.15) is 0 Å². The number of amides is 1. The average molecular weight is 309 g/mol. The van der Waals surface area contributed by atoms with E-state index in [1.165, 1.54) is 6.07 Å². The lowest BCUT2D eigenvalue weighted by molar-refractivity contribution is -0.118. The summed E-state index contributed by atoms with van der Waals surface area (Å²) in [6.45, 7) is 0. The van der Waals surface area contributed by atoms with Gasteiger partial charge in [0, 0.05) is 11.6 Å². The highest BCUT2D eigenvalue weighted by atomic mass is 16.5. The Kier molecular flexibility index (Phi) is 2.75. The lowest BCUT2D eigenvalue weighted by Crippen LogP contribution is -2.21. The number of benzene rings is 2. The van der Waals surface area contributed by atoms with Gasteiger partial charge < -0.3 is 15.2 Å². The fraction of sp³-hybridized carbons (Fsp3) is 0.222. The number of ether oxygens (including phenoxy) is 1. The van der Waals surface area contributed by atoms with E-state index in [1.807, 2.05) is 24.3 Å². The molecule has 0 bridgehead atoms. The highest BCUT2D eigenvalue weighted by molar-refractivity contribution is 6.10. The molecule has 2 aromatic carbocycles. The predicted octanol–water partition coefficient (Wildman–Crippen LogP) is 2.77. The maximum absolute atomic E-state index is 12.5. The normalized spacial score (nSPS) is 24.2. The van der Waals surface area contributed by atoms with Crippen LogP contribution in [0.15, 0.2) is 42.5 Å². The second kappa shape index (κ2) is 4.59. The smallest absolute Gasteiger partial charge is 0.335 e. The molecule has 4 rings (SSSR count). The topological polar surface area (TPSA) is 75.6 Å². The summed E-state index contributed by atoms with van der Waals surface area (Å²) >= 11 is 0. The van der Waals surface area contributed by atoms with Gasteiger partial charge >= 0.3 is 5.97 Å². The van der Waals surface area contributed by atoms with E-state index in [0.29, 0.717) is 12.1 Å². The molecule has 0 aromatic heterocycles. The zero-order valence-electron chi connectivity index (χ0n) is 12.5. The third-order valence-electron chi connectivity index (χ3n) is 4.86. The quantitative estimate of drug-likeness (QED) is 0.914. The van der Waals surface area contributed by atoms with Gasteiger partial charge in [-0.25, -0.2) is 4.79 Å². The number of carboxylic acid groups (broad SMARTS) is 1. The minimum Gasteiger partial charge on any atom is -0.497 e. The largest absolute Gasteiger partial charge is 0.497 e. The Morgan fingerprint density at radius 2 is 2.13 bits per heavy atom. The van der Waals surface area contributed by atoms with Gasteiger partial charge in [0.15, 0.2) is 0 Å². The summed E-state index contributed by atoms with van der Waals surface area (Å²) in [5.41, 5.74) is 2.09. The number of carboxylic acids is 1. The molecule has 5 heteroatoms. The zero-order valence-corrected chi connectivity index (χ0v) is 12.5. The van der Waals surface area contributed by atoms with Gasteiger partial charge in [0.2, 0.25) is 5.91 Å². The summed E-state index contributed by atoms with van der Waals surface area (Å²) in [5.74, 6) is -0.242. The lowest BCUT2D eigenvalue weighted by atomic mass is 9.91. The number of fused-ring (bicyclic) bond motifs is 2. The van der Waals surface area contributed by atoms with E-state index in [-0.39, 0.29) is 17.4 Å². The van der Waals surface area contributed by atoms with Crippen molar-refractivity contribution in [2.45, 2.75) is 17.8 Å². The highest BCUT2D eigenvalue weighted by Crippen LogP contribution is 2.65. The maximum atomic E-state index is 12.5. The number of hydrogen-bond donors (Lipinski definition) is 2. The summed E-state index contributed by atoms with van der Waals surface area (Å²) < 4.78 is 5.25. The first-order valence-electron chi connectivity index (χ1n) is 7.39. The van der Waals surface area contributed by atoms with Crippen molar-refractivity contribution in [1.82, 2.24) is 0 Å². The van der Waals surface area contributed by atoms with Gasteiger partial charge in [-0.1, -0.05) is 12.1 Å². The first-order valence-corrected chi connectivity index (χ1v) is 7.39. The molecule has 116 valence electrons. The monoisotopic (exact) mass is 309 g/mol. The molecule has 0 saturated heterocycles. The van der Waals surface area contributed by atoms with E-state index in [9.17, 15) is 14.7 Å². The van der Waals surface area contributed by atoms with Crippen LogP contribution in [0, 0.1) is 0 Å². The standard InChI is InChI=1S/C18H15NO4/c1-23-12-4-2-3-10(7-12)14-9-18(14)13-8-11(16(20)21)5-6-15(13)19-17(18)22/h2-8,14H,9H2,1H3,(H,19,22)(H,20,21)/t14-,18-/m1/s1. The van der Waals surface area contributed by atoms with E-state index < -0.39 is 11.4 Å². The average Bonchev–Trinajstić information content (AvgIpc) is 3.25. The van der Waals surface area contributed by atoms with E-state index in [1.54, 1.807) is 19.2 Å². The van der Waals surface area contributed by atoms with Crippen molar-refractivity contribution in [3.63, 3.8) is 0 Å². The molecule has 0 radical (unpaired) electrons. The van der Waals surface area contributed by atoms with Gasteiger partial charge in [-0.15, -0.1) is 0 Å². The first-order chi connectivity index (χ1) is 11.1. The Bertz CT molecular complexity index is 845. The molecule has 1 amide bonds. The fourth-order valence-corrected chi connectivity index (χ4v) is 3.58. The van der Waals surface area contributed by atoms with E-state index in [0.717, 1.165) is 16.9 Å². The Labute approximate surface area is 132 Å². The summed E-state index contributed by atoms with van der Waals surface area (Å²) in [4.78, 5) is 23.8. The molecule has 1 aliphatic heterocycles. The molecule has 5 nitrogen and oxygen atoms in total. The Hall–Kier alpha value is -2.82. The second-order valence-electron chi connectivity index (χ2n) is 6.02. The molecule has 2 aliphatic rings. The SMILES string of the molecule is COc1cccc([C@H]2C[C@]23C(=O)Nc2ccc(C(=O)O)cc23)c1. The number of aromatic carboxylic acids is 1. The van der Waals surface area contributed by atoms with E-state index >= 15 is 0 Å². The molecule has 1 fully saturated rings. The number of rotatable bonds is 3. The van der Waals surface area contributed by atoms with Crippen molar-refractivity contribution < 1.29 is 19.4 Å². The third-order valence-corrected chi connectivity index (χ3v) is 4.86. The summed E-state index contributed by atoms with van der Waals surface area (Å²) in [6, 6.07) is 12.5. The van der Waals surface area contributed by atoms with E-state index in [4.69, 9.17) is 4.74 Å². The van der Waals surface area contributed by atoms with E-state index in [2.05, 4.69) is 5.32 Å². The van der Waals surface area contributed by atoms with Crippen molar-refractivity contribution in [1.29, 1.82) is 0 Å². The summed E-state index contributed by atoms with van der Waals surface area (Å²) in [5, 5.41) is 12.1. The molecule has 1 saturated carbocycles. The molecule has 1 aliphatic carbocycles. The van der Waals surface area contributed by atoms with Crippen LogP contribution < -0.4 is 10.1 Å². The van der Waals surface area contributed by atoms with Gasteiger partial charge in [0.1, 0.15) is 5.75 Å². The van der Waals surface area contributed by atoms with Crippen LogP contribution in [0.5, 0.6) is 5.75 Å². The molecular weight excluding hydrogens is 294 g/mol. The van der Waals surface area contributed by atoms with Crippen molar-refractivity contribution in [2.75, 3.05) is 12.4 Å². The Morgan fingerprint density at radius 3 is 2.87 bits per heavy atom. The van der Waals surface area contributed by atoms with Crippen LogP contribution in [0.2, 0.25) is 0 Å². The lowest BCUT2D eigenvalue weighted by Gasteiger charge is -2.10. The molecule has 1 heterocycles. The number of methoxy groups -OCH3 is 1. The predicted molar refractivity (Wildman–Crippen MR) is 84.1 cm³/mol.